The lowest BCUT2D eigenvalue weighted by molar-refractivity contribution is -0.318. The molecule has 1 aromatic heterocycles. The molecule has 4 heterocycles. The number of rotatable bonds is 19. The van der Waals surface area contributed by atoms with Crippen molar-refractivity contribution in [3.05, 3.63) is 45.7 Å². The molecule has 1 saturated carbocycles. The summed E-state index contributed by atoms with van der Waals surface area (Å²) in [6.45, 7) is 12.3. The van der Waals surface area contributed by atoms with E-state index in [-0.39, 0.29) is 61.1 Å². The van der Waals surface area contributed by atoms with Gasteiger partial charge < -0.3 is 68.4 Å². The van der Waals surface area contributed by atoms with E-state index in [2.05, 4.69) is 5.32 Å². The minimum Gasteiger partial charge on any atom is -0.477 e. The molecule has 4 aliphatic rings. The number of aryl methyl sites for hydroxylation is 1. The van der Waals surface area contributed by atoms with Crippen LogP contribution in [0.1, 0.15) is 116 Å². The van der Waals surface area contributed by atoms with Crippen LogP contribution in [0.2, 0.25) is 0 Å². The van der Waals surface area contributed by atoms with Gasteiger partial charge in [-0.05, 0) is 118 Å². The van der Waals surface area contributed by atoms with Gasteiger partial charge in [0.05, 0.1) is 58.9 Å². The Morgan fingerprint density at radius 2 is 1.59 bits per heavy atom. The van der Waals surface area contributed by atoms with Crippen molar-refractivity contribution in [1.82, 2.24) is 14.8 Å². The molecule has 1 aromatic carbocycles. The van der Waals surface area contributed by atoms with Gasteiger partial charge in [-0.1, -0.05) is 26.8 Å². The van der Waals surface area contributed by atoms with Crippen molar-refractivity contribution in [2.45, 2.75) is 204 Å². The number of fused-ring (bicyclic) bond motifs is 2. The maximum atomic E-state index is 14.4. The molecule has 5 N–H and O–H groups in total. The summed E-state index contributed by atoms with van der Waals surface area (Å²) in [5, 5.41) is 47.4. The average molecular weight is 1160 g/mol. The first-order chi connectivity index (χ1) is 37.2. The van der Waals surface area contributed by atoms with E-state index >= 15 is 0 Å². The summed E-state index contributed by atoms with van der Waals surface area (Å²) < 4.78 is 119. The van der Waals surface area contributed by atoms with Gasteiger partial charge in [-0.3, -0.25) is 18.6 Å². The number of esters is 1. The number of benzene rings is 1. The number of aromatic nitrogens is 1. The molecule has 0 radical (unpaired) electrons. The van der Waals surface area contributed by atoms with Gasteiger partial charge in [-0.15, -0.1) is 0 Å². The van der Waals surface area contributed by atoms with Crippen molar-refractivity contribution in [2.75, 3.05) is 47.2 Å². The number of hydrogen-bond donors (Lipinski definition) is 5. The summed E-state index contributed by atoms with van der Waals surface area (Å²) >= 11 is 0. The molecule has 25 heteroatoms. The Balaban J connectivity index is 1.16. The van der Waals surface area contributed by atoms with Crippen molar-refractivity contribution in [3.63, 3.8) is 0 Å². The first-order valence-electron chi connectivity index (χ1n) is 27.5. The number of pyridine rings is 1. The SMILES string of the molecule is CO[C@]1(C)C[C@@H](C)C(=O)[C@H](C)[C@@H](O)[C@@]2(O)CC[C@H]2OC(=O)[C@H](C)[C@@H](O[C@H]2C[C@@](C)(OC)[C@@H](OS(=O)(=O)CCNCCCCc3ccc4c(=O)c(C(=O)O)cn(CC(F)(F)F)c4c3)[C@H](C)O2)[C@H](C)[C@H]1O[C@@H]1O[C@H](C)C[C@H](N(C)C)[C@H]1O. The lowest BCUT2D eigenvalue weighted by Gasteiger charge is -2.51. The zero-order valence-corrected chi connectivity index (χ0v) is 48.7. The smallest absolute Gasteiger partial charge is 0.406 e. The fourth-order valence-corrected chi connectivity index (χ4v) is 13.3. The maximum absolute atomic E-state index is 14.4. The number of nitrogens with one attached hydrogen (secondary N) is 1. The number of halogens is 3. The maximum Gasteiger partial charge on any atom is 0.406 e. The van der Waals surface area contributed by atoms with E-state index in [1.807, 2.05) is 25.9 Å². The normalized spacial score (nSPS) is 37.0. The third-order valence-electron chi connectivity index (χ3n) is 17.1. The monoisotopic (exact) mass is 1160 g/mol. The number of nitrogens with zero attached hydrogens (tertiary/aromatic N) is 2. The van der Waals surface area contributed by atoms with E-state index in [4.69, 9.17) is 37.3 Å². The first-order valence-corrected chi connectivity index (χ1v) is 29.1. The molecule has 18 atom stereocenters. The lowest BCUT2D eigenvalue weighted by Crippen LogP contribution is -2.65. The molecule has 80 heavy (non-hydrogen) atoms. The molecular weight excluding hydrogens is 1080 g/mol. The molecule has 3 aliphatic heterocycles. The minimum atomic E-state index is -4.68. The second-order valence-corrected chi connectivity index (χ2v) is 25.1. The molecule has 3 saturated heterocycles. The summed E-state index contributed by atoms with van der Waals surface area (Å²) in [4.78, 5) is 54.8. The Kier molecular flexibility index (Phi) is 21.3. The van der Waals surface area contributed by atoms with Gasteiger partial charge in [0.25, 0.3) is 10.1 Å². The van der Waals surface area contributed by atoms with Crippen LogP contribution in [-0.4, -0.2) is 194 Å². The van der Waals surface area contributed by atoms with Crippen molar-refractivity contribution in [3.8, 4) is 0 Å². The molecular formula is C55H84F3N3O18S. The number of Topliss-reactive ketones (excluding diaryl/α,β-unsaturated/α-hetero) is 1. The molecule has 0 amide bonds. The van der Waals surface area contributed by atoms with E-state index in [0.717, 1.165) is 0 Å². The molecule has 1 aliphatic carbocycles. The Labute approximate surface area is 466 Å². The van der Waals surface area contributed by atoms with Crippen molar-refractivity contribution in [1.29, 1.82) is 0 Å². The van der Waals surface area contributed by atoms with Gasteiger partial charge in [0.1, 0.15) is 41.8 Å². The zero-order valence-electron chi connectivity index (χ0n) is 47.9. The van der Waals surface area contributed by atoms with Crippen LogP contribution < -0.4 is 10.7 Å². The van der Waals surface area contributed by atoms with Gasteiger partial charge in [0, 0.05) is 62.6 Å². The van der Waals surface area contributed by atoms with Crippen LogP contribution in [-0.2, 0) is 70.0 Å². The minimum absolute atomic E-state index is 0.0106. The van der Waals surface area contributed by atoms with E-state index in [1.54, 1.807) is 47.6 Å². The molecule has 4 fully saturated rings. The topological polar surface area (TPSA) is 277 Å². The van der Waals surface area contributed by atoms with E-state index in [0.29, 0.717) is 48.6 Å². The number of aliphatic hydroxyl groups excluding tert-OH is 2. The number of carbonyl (C=O) groups excluding carboxylic acids is 2. The van der Waals surface area contributed by atoms with Crippen LogP contribution in [0.4, 0.5) is 13.2 Å². The summed E-state index contributed by atoms with van der Waals surface area (Å²) in [5.74, 6) is -7.07. The zero-order chi connectivity index (χ0) is 59.6. The largest absolute Gasteiger partial charge is 0.477 e. The fraction of sp³-hybridized carbons (Fsp3) is 0.782. The third-order valence-corrected chi connectivity index (χ3v) is 18.3. The van der Waals surface area contributed by atoms with Gasteiger partial charge >= 0.3 is 18.1 Å². The van der Waals surface area contributed by atoms with E-state index in [1.165, 1.54) is 33.3 Å². The molecule has 0 unspecified atom stereocenters. The first kappa shape index (κ1) is 65.5. The number of ketones is 1. The quantitative estimate of drug-likeness (QED) is 0.0743. The Morgan fingerprint density at radius 1 is 0.925 bits per heavy atom. The second-order valence-electron chi connectivity index (χ2n) is 23.3. The van der Waals surface area contributed by atoms with Gasteiger partial charge in [-0.2, -0.15) is 21.6 Å². The number of aromatic carboxylic acids is 1. The van der Waals surface area contributed by atoms with Gasteiger partial charge in [0.2, 0.25) is 5.43 Å². The molecule has 21 nitrogen and oxygen atoms in total. The average Bonchev–Trinajstić information content (AvgIpc) is 3.60. The number of aliphatic hydroxyl groups is 3. The van der Waals surface area contributed by atoms with Crippen molar-refractivity contribution < 1.29 is 93.7 Å². The lowest BCUT2D eigenvalue weighted by atomic mass is 9.67. The highest BCUT2D eigenvalue weighted by Crippen LogP contribution is 2.45. The van der Waals surface area contributed by atoms with Crippen LogP contribution in [0, 0.1) is 23.7 Å². The number of methoxy groups -OCH3 is 2. The van der Waals surface area contributed by atoms with Crippen molar-refractivity contribution >= 4 is 38.7 Å². The fourth-order valence-electron chi connectivity index (χ4n) is 12.1. The number of likely N-dealkylation sites (N-methyl/N-ethyl adjacent to an activating group) is 1. The molecule has 6 rings (SSSR count). The van der Waals surface area contributed by atoms with Crippen LogP contribution in [0.15, 0.2) is 29.2 Å². The van der Waals surface area contributed by atoms with E-state index in [9.17, 15) is 61.2 Å². The number of carbonyl (C=O) groups is 3. The summed E-state index contributed by atoms with van der Waals surface area (Å²) in [6.07, 6.45) is -12.9. The molecule has 0 bridgehead atoms. The standard InChI is InChI=1S/C55H84F3N3O18S/c1-29-25-52(7,72-11)47(78-51-44(64)39(60(9)10)23-30(2)74-51)32(4)45(33(5)50(68)76-40-18-19-54(40,69)46(65)31(3)42(29)62)77-41-26-53(8,73-12)48(34(6)75-41)79-80(70,71)22-21-59-20-14-13-15-35-16-17-36-38(24-35)61(28-55(56,57)58)27-37(43(36)63)49(66)67/h16-17,24,27,29-34,39-41,44-48,51,59,64-65,69H,13-15,18-23,25-26,28H2,1-12H3,(H,66,67)/t29-,30-,31+,32+,33-,34+,39+,40-,41+,44-,45+,46-,47-,48+,51+,52-,53-,54-/m1/s1. The highest BCUT2D eigenvalue weighted by Gasteiger charge is 2.58. The van der Waals surface area contributed by atoms with Gasteiger partial charge in [0.15, 0.2) is 12.6 Å². The number of carboxylic acid groups (broad SMARTS) is 1. The Morgan fingerprint density at radius 3 is 2.19 bits per heavy atom. The Bertz CT molecular complexity index is 2660. The predicted molar refractivity (Wildman–Crippen MR) is 284 cm³/mol. The highest BCUT2D eigenvalue weighted by atomic mass is 32.2. The number of unbranched alkanes of at least 4 members (excludes halogenated alkanes) is 1. The van der Waals surface area contributed by atoms with Gasteiger partial charge in [-0.25, -0.2) is 4.79 Å². The number of hydrogen-bond acceptors (Lipinski definition) is 19. The second kappa shape index (κ2) is 26.1. The molecule has 454 valence electrons. The molecule has 0 spiro atoms. The Hall–Kier alpha value is -3.70. The van der Waals surface area contributed by atoms with E-state index < -0.39 is 147 Å². The molecule has 2 aromatic rings. The number of carboxylic acids is 1. The predicted octanol–water partition coefficient (Wildman–Crippen LogP) is 4.35. The third kappa shape index (κ3) is 14.8. The number of alkyl halides is 3. The highest BCUT2D eigenvalue weighted by molar-refractivity contribution is 7.86. The summed E-state index contributed by atoms with van der Waals surface area (Å²) in [6, 6.07) is 3.94. The summed E-state index contributed by atoms with van der Waals surface area (Å²) in [7, 11) is 2.26. The van der Waals surface area contributed by atoms with Crippen molar-refractivity contribution in [2.24, 2.45) is 23.7 Å². The number of ether oxygens (including phenoxy) is 7. The van der Waals surface area contributed by atoms with Crippen LogP contribution in [0.3, 0.4) is 0 Å². The van der Waals surface area contributed by atoms with Crippen LogP contribution in [0.5, 0.6) is 0 Å². The van der Waals surface area contributed by atoms with Crippen LogP contribution in [0.25, 0.3) is 10.9 Å². The summed E-state index contributed by atoms with van der Waals surface area (Å²) in [5.41, 5.74) is -5.74. The van der Waals surface area contributed by atoms with Crippen LogP contribution >= 0.6 is 0 Å².